The van der Waals surface area contributed by atoms with Gasteiger partial charge in [0, 0.05) is 27.8 Å². The number of fused-ring (bicyclic) bond motifs is 6. The zero-order valence-corrected chi connectivity index (χ0v) is 24.7. The van der Waals surface area contributed by atoms with Crippen molar-refractivity contribution in [2.24, 2.45) is 0 Å². The molecule has 0 atom stereocenters. The second-order valence-corrected chi connectivity index (χ2v) is 11.7. The average Bonchev–Trinajstić information content (AvgIpc) is 3.60. The Morgan fingerprint density at radius 3 is 1.49 bits per heavy atom. The van der Waals surface area contributed by atoms with E-state index in [-0.39, 0.29) is 0 Å². The zero-order valence-electron chi connectivity index (χ0n) is 24.7. The maximum atomic E-state index is 2.62. The average molecular weight is 575 g/mol. The fourth-order valence-corrected chi connectivity index (χ4v) is 7.63. The van der Waals surface area contributed by atoms with Crippen LogP contribution in [0.15, 0.2) is 182 Å². The first-order valence-corrected chi connectivity index (χ1v) is 15.5. The molecule has 1 aromatic heterocycles. The van der Waals surface area contributed by atoms with Crippen molar-refractivity contribution in [3.63, 3.8) is 0 Å². The minimum atomic E-state index is -0.571. The van der Waals surface area contributed by atoms with Gasteiger partial charge in [-0.1, -0.05) is 140 Å². The molecule has 0 radical (unpaired) electrons. The number of nitrogens with zero attached hydrogens (tertiary/aromatic N) is 2. The zero-order chi connectivity index (χ0) is 29.8. The Hall–Kier alpha value is -5.86. The van der Waals surface area contributed by atoms with Crippen molar-refractivity contribution in [1.29, 1.82) is 0 Å². The summed E-state index contributed by atoms with van der Waals surface area (Å²) in [5, 5.41) is 2.50. The molecule has 2 heteroatoms. The van der Waals surface area contributed by atoms with Crippen molar-refractivity contribution in [3.8, 4) is 11.1 Å². The number of rotatable bonds is 5. The van der Waals surface area contributed by atoms with Crippen LogP contribution in [0.3, 0.4) is 0 Å². The van der Waals surface area contributed by atoms with Gasteiger partial charge in [0.1, 0.15) is 5.54 Å². The van der Waals surface area contributed by atoms with Gasteiger partial charge in [0.2, 0.25) is 0 Å². The molecule has 0 N–H and O–H groups in total. The van der Waals surface area contributed by atoms with E-state index in [9.17, 15) is 0 Å². The van der Waals surface area contributed by atoms with Crippen LogP contribution >= 0.6 is 0 Å². The van der Waals surface area contributed by atoms with Crippen LogP contribution in [-0.2, 0) is 5.54 Å². The molecule has 8 aromatic rings. The van der Waals surface area contributed by atoms with Crippen LogP contribution in [0.5, 0.6) is 0 Å². The summed E-state index contributed by atoms with van der Waals surface area (Å²) in [7, 11) is 0. The maximum absolute atomic E-state index is 2.62. The molecule has 0 bridgehead atoms. The summed E-state index contributed by atoms with van der Waals surface area (Å²) in [6, 6.07) is 66.2. The number of hydrogen-bond acceptors (Lipinski definition) is 1. The van der Waals surface area contributed by atoms with Crippen molar-refractivity contribution < 1.29 is 0 Å². The predicted molar refractivity (Wildman–Crippen MR) is 188 cm³/mol. The first kappa shape index (κ1) is 25.6. The molecule has 0 aliphatic heterocycles. The Bertz CT molecular complexity index is 2230. The summed E-state index contributed by atoms with van der Waals surface area (Å²) in [6.45, 7) is 0. The second kappa shape index (κ2) is 10.1. The van der Waals surface area contributed by atoms with Gasteiger partial charge >= 0.3 is 0 Å². The van der Waals surface area contributed by atoms with Crippen LogP contribution in [0.1, 0.15) is 16.7 Å². The van der Waals surface area contributed by atoms with E-state index in [2.05, 4.69) is 191 Å². The van der Waals surface area contributed by atoms with Crippen molar-refractivity contribution in [1.82, 2.24) is 4.57 Å². The number of benzene rings is 7. The van der Waals surface area contributed by atoms with Crippen LogP contribution in [0.4, 0.5) is 17.1 Å². The van der Waals surface area contributed by atoms with Crippen LogP contribution in [0.2, 0.25) is 0 Å². The summed E-state index contributed by atoms with van der Waals surface area (Å²) in [5.41, 5.74) is 11.6. The van der Waals surface area contributed by atoms with Gasteiger partial charge in [-0.25, -0.2) is 0 Å². The van der Waals surface area contributed by atoms with Gasteiger partial charge in [-0.2, -0.15) is 0 Å². The number of anilines is 3. The van der Waals surface area contributed by atoms with E-state index in [4.69, 9.17) is 0 Å². The minimum Gasteiger partial charge on any atom is -0.322 e. The predicted octanol–water partition coefficient (Wildman–Crippen LogP) is 11.1. The van der Waals surface area contributed by atoms with Crippen molar-refractivity contribution in [3.05, 3.63) is 199 Å². The van der Waals surface area contributed by atoms with E-state index in [0.717, 1.165) is 17.1 Å². The van der Waals surface area contributed by atoms with Gasteiger partial charge in [0.15, 0.2) is 0 Å². The third-order valence-electron chi connectivity index (χ3n) is 9.40. The molecule has 1 heterocycles. The van der Waals surface area contributed by atoms with Gasteiger partial charge in [0.25, 0.3) is 0 Å². The van der Waals surface area contributed by atoms with Crippen LogP contribution in [-0.4, -0.2) is 4.57 Å². The molecule has 212 valence electrons. The highest BCUT2D eigenvalue weighted by atomic mass is 15.1. The highest BCUT2D eigenvalue weighted by Crippen LogP contribution is 2.56. The summed E-state index contributed by atoms with van der Waals surface area (Å²) >= 11 is 0. The fraction of sp³-hybridized carbons (Fsp3) is 0.0233. The lowest BCUT2D eigenvalue weighted by Crippen LogP contribution is -2.35. The van der Waals surface area contributed by atoms with E-state index in [1.54, 1.807) is 0 Å². The van der Waals surface area contributed by atoms with E-state index >= 15 is 0 Å². The van der Waals surface area contributed by atoms with Crippen molar-refractivity contribution in [2.45, 2.75) is 5.54 Å². The van der Waals surface area contributed by atoms with Crippen molar-refractivity contribution in [2.75, 3.05) is 4.90 Å². The topological polar surface area (TPSA) is 8.17 Å². The lowest BCUT2D eigenvalue weighted by Gasteiger charge is -2.36. The first-order chi connectivity index (χ1) is 22.4. The lowest BCUT2D eigenvalue weighted by atomic mass is 9.80. The number of hydrogen-bond donors (Lipinski definition) is 0. The second-order valence-electron chi connectivity index (χ2n) is 11.7. The maximum Gasteiger partial charge on any atom is 0.122 e. The number of para-hydroxylation sites is 3. The third kappa shape index (κ3) is 3.69. The Labute approximate surface area is 263 Å². The molecule has 0 saturated carbocycles. The minimum absolute atomic E-state index is 0.571. The Morgan fingerprint density at radius 2 is 0.867 bits per heavy atom. The summed E-state index contributed by atoms with van der Waals surface area (Å²) in [5.74, 6) is 0. The fourth-order valence-electron chi connectivity index (χ4n) is 7.63. The summed E-state index contributed by atoms with van der Waals surface area (Å²) in [4.78, 5) is 2.35. The molecule has 2 nitrogen and oxygen atoms in total. The van der Waals surface area contributed by atoms with Gasteiger partial charge in [-0.3, -0.25) is 0 Å². The van der Waals surface area contributed by atoms with Crippen LogP contribution in [0.25, 0.3) is 32.9 Å². The quantitative estimate of drug-likeness (QED) is 0.198. The highest BCUT2D eigenvalue weighted by molar-refractivity contribution is 6.10. The Morgan fingerprint density at radius 1 is 0.378 bits per heavy atom. The van der Waals surface area contributed by atoms with E-state index in [1.807, 2.05) is 0 Å². The monoisotopic (exact) mass is 574 g/mol. The standard InChI is InChI=1S/C43H30N2/c1-4-16-31(17-5-1)43(39-25-13-10-22-35(39)36-23-11-14-26-40(36)43)45-41-27-15-12-24-37(41)38-29-28-34(30-42(38)45)44(32-18-6-2-7-19-32)33-20-8-3-9-21-33/h1-30H. The molecule has 9 rings (SSSR count). The summed E-state index contributed by atoms with van der Waals surface area (Å²) < 4.78 is 2.62. The van der Waals surface area contributed by atoms with Crippen molar-refractivity contribution >= 4 is 38.9 Å². The lowest BCUT2D eigenvalue weighted by molar-refractivity contribution is 0.564. The molecule has 0 saturated heterocycles. The van der Waals surface area contributed by atoms with E-state index in [1.165, 1.54) is 49.6 Å². The number of aromatic nitrogens is 1. The van der Waals surface area contributed by atoms with Gasteiger partial charge in [-0.05, 0) is 70.3 Å². The molecular formula is C43H30N2. The molecule has 45 heavy (non-hydrogen) atoms. The molecule has 1 aliphatic carbocycles. The van der Waals surface area contributed by atoms with Gasteiger partial charge < -0.3 is 9.47 Å². The largest absolute Gasteiger partial charge is 0.322 e. The Balaban J connectivity index is 1.44. The normalized spacial score (nSPS) is 13.1. The van der Waals surface area contributed by atoms with E-state index in [0.29, 0.717) is 0 Å². The SMILES string of the molecule is c1ccc(N(c2ccccc2)c2ccc3c4ccccc4n(C4(c5ccccc5)c5ccccc5-c5ccccc54)c3c2)cc1. The van der Waals surface area contributed by atoms with E-state index < -0.39 is 5.54 Å². The molecule has 0 unspecified atom stereocenters. The first-order valence-electron chi connectivity index (χ1n) is 15.5. The molecule has 1 aliphatic rings. The molecule has 0 amide bonds. The third-order valence-corrected chi connectivity index (χ3v) is 9.40. The summed E-state index contributed by atoms with van der Waals surface area (Å²) in [6.07, 6.45) is 0. The molecule has 0 spiro atoms. The molecular weight excluding hydrogens is 544 g/mol. The molecule has 0 fully saturated rings. The van der Waals surface area contributed by atoms with Gasteiger partial charge in [-0.15, -0.1) is 0 Å². The Kier molecular flexibility index (Phi) is 5.76. The van der Waals surface area contributed by atoms with Crippen LogP contribution < -0.4 is 4.90 Å². The van der Waals surface area contributed by atoms with Gasteiger partial charge in [0.05, 0.1) is 11.0 Å². The highest BCUT2D eigenvalue weighted by Gasteiger charge is 2.47. The smallest absolute Gasteiger partial charge is 0.122 e. The molecule has 7 aromatic carbocycles. The van der Waals surface area contributed by atoms with Crippen LogP contribution in [0, 0.1) is 0 Å².